The maximum atomic E-state index is 11.5. The van der Waals surface area contributed by atoms with Gasteiger partial charge in [-0.25, -0.2) is 4.79 Å². The predicted molar refractivity (Wildman–Crippen MR) is 99.9 cm³/mol. The van der Waals surface area contributed by atoms with Crippen LogP contribution in [0.1, 0.15) is 44.9 Å². The van der Waals surface area contributed by atoms with Crippen molar-refractivity contribution in [2.75, 3.05) is 13.1 Å². The van der Waals surface area contributed by atoms with Gasteiger partial charge in [-0.3, -0.25) is 19.1 Å². The largest absolute Gasteiger partial charge is 0.475 e. The van der Waals surface area contributed by atoms with Gasteiger partial charge in [0.2, 0.25) is 0 Å². The molecule has 1 aromatic heterocycles. The standard InChI is InChI=1S/C10H9BN2O3.C3H6BNO2.C3H8/c1-2-6-5-13(10(15)12-9(6)14)8-4-3-7(11)16-8;4-2-7-3(6)1-5;1-3-2/h1,5,7-8H,3-4H2,(H,12,14,15);1-2,5H2;3H2,1-2H3/t7-,8?;;/m0../s1. The van der Waals surface area contributed by atoms with Crippen molar-refractivity contribution in [2.45, 2.75) is 45.3 Å². The number of nitrogens with one attached hydrogen (secondary N) is 1. The zero-order valence-electron chi connectivity index (χ0n) is 15.1. The number of hydrogen-bond donors (Lipinski definition) is 2. The molecule has 1 aliphatic heterocycles. The van der Waals surface area contributed by atoms with Gasteiger partial charge >= 0.3 is 11.7 Å². The monoisotopic (exact) mass is 359 g/mol. The van der Waals surface area contributed by atoms with E-state index in [0.717, 1.165) is 0 Å². The van der Waals surface area contributed by atoms with Crippen molar-refractivity contribution in [3.05, 3.63) is 32.6 Å². The summed E-state index contributed by atoms with van der Waals surface area (Å²) in [7, 11) is 10.4. The molecule has 1 aliphatic rings. The number of nitrogens with zero attached hydrogens (tertiary/aromatic N) is 1. The minimum absolute atomic E-state index is 0.0873. The molecule has 2 heterocycles. The summed E-state index contributed by atoms with van der Waals surface area (Å²) in [6, 6.07) is -0.377. The molecule has 0 amide bonds. The number of hydrogen-bond acceptors (Lipinski definition) is 6. The average Bonchev–Trinajstić information content (AvgIpc) is 3.02. The molecule has 0 saturated carbocycles. The Bertz CT molecular complexity index is 711. The highest BCUT2D eigenvalue weighted by atomic mass is 16.5. The highest BCUT2D eigenvalue weighted by molar-refractivity contribution is 6.11. The quantitative estimate of drug-likeness (QED) is 0.421. The molecule has 1 unspecified atom stereocenters. The van der Waals surface area contributed by atoms with Gasteiger partial charge in [0.1, 0.15) is 27.5 Å². The summed E-state index contributed by atoms with van der Waals surface area (Å²) >= 11 is 0. The first kappa shape index (κ1) is 23.8. The van der Waals surface area contributed by atoms with Crippen LogP contribution in [0.4, 0.5) is 0 Å². The molecule has 1 fully saturated rings. The van der Waals surface area contributed by atoms with Gasteiger partial charge in [0, 0.05) is 18.7 Å². The van der Waals surface area contributed by atoms with Crippen LogP contribution < -0.4 is 17.0 Å². The molecule has 1 aromatic rings. The van der Waals surface area contributed by atoms with E-state index in [4.69, 9.17) is 32.6 Å². The fraction of sp³-hybridized carbons (Fsp3) is 0.562. The molecule has 0 bridgehead atoms. The molecule has 0 aromatic carbocycles. The third-order valence-electron chi connectivity index (χ3n) is 2.87. The lowest BCUT2D eigenvalue weighted by molar-refractivity contribution is -0.139. The molecule has 1 saturated heterocycles. The molecule has 26 heavy (non-hydrogen) atoms. The van der Waals surface area contributed by atoms with Gasteiger partial charge in [-0.15, -0.1) is 6.42 Å². The molecule has 2 atom stereocenters. The summed E-state index contributed by atoms with van der Waals surface area (Å²) in [5.74, 6) is 1.74. The second-order valence-corrected chi connectivity index (χ2v) is 5.15. The predicted octanol–water partition coefficient (Wildman–Crippen LogP) is -0.648. The van der Waals surface area contributed by atoms with Gasteiger partial charge in [0.05, 0.1) is 6.54 Å². The van der Waals surface area contributed by atoms with Crippen molar-refractivity contribution in [1.29, 1.82) is 0 Å². The minimum atomic E-state index is -0.564. The molecule has 4 radical (unpaired) electrons. The Labute approximate surface area is 155 Å². The topological polar surface area (TPSA) is 116 Å². The summed E-state index contributed by atoms with van der Waals surface area (Å²) in [4.78, 5) is 34.9. The van der Waals surface area contributed by atoms with Crippen LogP contribution in [-0.2, 0) is 14.3 Å². The number of carbonyl (C=O) groups is 1. The van der Waals surface area contributed by atoms with E-state index in [1.165, 1.54) is 17.2 Å². The van der Waals surface area contributed by atoms with Crippen LogP contribution in [-0.4, -0.2) is 50.3 Å². The Morgan fingerprint density at radius 1 is 1.50 bits per heavy atom. The third-order valence-corrected chi connectivity index (χ3v) is 2.87. The van der Waals surface area contributed by atoms with Gasteiger partial charge < -0.3 is 15.2 Å². The van der Waals surface area contributed by atoms with Crippen molar-refractivity contribution >= 4 is 21.7 Å². The fourth-order valence-corrected chi connectivity index (χ4v) is 1.80. The second-order valence-electron chi connectivity index (χ2n) is 5.15. The lowest BCUT2D eigenvalue weighted by Gasteiger charge is -2.14. The van der Waals surface area contributed by atoms with E-state index in [-0.39, 0.29) is 24.6 Å². The number of nitrogens with two attached hydrogens (primary N) is 1. The van der Waals surface area contributed by atoms with E-state index in [9.17, 15) is 14.4 Å². The molecule has 8 nitrogen and oxygen atoms in total. The summed E-state index contributed by atoms with van der Waals surface area (Å²) in [5, 5.41) is 0. The third kappa shape index (κ3) is 8.23. The van der Waals surface area contributed by atoms with Crippen LogP contribution in [0.3, 0.4) is 0 Å². The first-order valence-electron chi connectivity index (χ1n) is 8.13. The molecule has 0 aliphatic carbocycles. The molecule has 10 heteroatoms. The maximum absolute atomic E-state index is 11.5. The molecule has 3 N–H and O–H groups in total. The minimum Gasteiger partial charge on any atom is -0.475 e. The Kier molecular flexibility index (Phi) is 11.9. The lowest BCUT2D eigenvalue weighted by Crippen LogP contribution is -2.33. The average molecular weight is 359 g/mol. The summed E-state index contributed by atoms with van der Waals surface area (Å²) in [6.45, 7) is 4.06. The van der Waals surface area contributed by atoms with Gasteiger partial charge in [-0.2, -0.15) is 0 Å². The zero-order valence-corrected chi connectivity index (χ0v) is 15.1. The molecular formula is C16H23B2N3O5. The van der Waals surface area contributed by atoms with Crippen LogP contribution in [0, 0.1) is 12.3 Å². The molecular weight excluding hydrogens is 336 g/mol. The lowest BCUT2D eigenvalue weighted by atomic mass is 9.98. The number of H-pyrrole nitrogens is 1. The highest BCUT2D eigenvalue weighted by Crippen LogP contribution is 2.24. The fourth-order valence-electron chi connectivity index (χ4n) is 1.80. The van der Waals surface area contributed by atoms with Crippen LogP contribution in [0.2, 0.25) is 0 Å². The Hall–Kier alpha value is -2.24. The number of esters is 1. The smallest absolute Gasteiger partial charge is 0.330 e. The van der Waals surface area contributed by atoms with E-state index in [1.807, 2.05) is 0 Å². The summed E-state index contributed by atoms with van der Waals surface area (Å²) in [5.41, 5.74) is 3.83. The van der Waals surface area contributed by atoms with Gasteiger partial charge in [-0.05, 0) is 12.8 Å². The van der Waals surface area contributed by atoms with Crippen LogP contribution >= 0.6 is 0 Å². The first-order chi connectivity index (χ1) is 12.3. The Morgan fingerprint density at radius 2 is 2.12 bits per heavy atom. The van der Waals surface area contributed by atoms with Crippen molar-refractivity contribution < 1.29 is 14.3 Å². The second kappa shape index (κ2) is 13.0. The summed E-state index contributed by atoms with van der Waals surface area (Å²) < 4.78 is 10.8. The Balaban J connectivity index is 0.000000526. The molecule has 0 spiro atoms. The van der Waals surface area contributed by atoms with Crippen molar-refractivity contribution in [2.24, 2.45) is 5.73 Å². The van der Waals surface area contributed by atoms with Crippen LogP contribution in [0.15, 0.2) is 15.8 Å². The van der Waals surface area contributed by atoms with Gasteiger partial charge in [0.15, 0.2) is 0 Å². The van der Waals surface area contributed by atoms with E-state index >= 15 is 0 Å². The SMILES string of the molecule is CCC.[B]COC(=O)CN.[B][C@@H]1CCC(n2cc(C#C)c(=O)[nH]c2=O)O1. The summed E-state index contributed by atoms with van der Waals surface area (Å²) in [6.07, 6.45) is 8.56. The van der Waals surface area contributed by atoms with Gasteiger partial charge in [0.25, 0.3) is 5.56 Å². The number of terminal acetylenes is 1. The van der Waals surface area contributed by atoms with Gasteiger partial charge in [-0.1, -0.05) is 26.2 Å². The number of rotatable bonds is 3. The number of aromatic amines is 1. The normalized spacial score (nSPS) is 17.8. The van der Waals surface area contributed by atoms with E-state index < -0.39 is 23.4 Å². The molecule has 138 valence electrons. The maximum Gasteiger partial charge on any atom is 0.330 e. The first-order valence-corrected chi connectivity index (χ1v) is 8.13. The van der Waals surface area contributed by atoms with Crippen molar-refractivity contribution in [3.8, 4) is 12.3 Å². The van der Waals surface area contributed by atoms with Crippen LogP contribution in [0.5, 0.6) is 0 Å². The van der Waals surface area contributed by atoms with E-state index in [0.29, 0.717) is 12.8 Å². The van der Waals surface area contributed by atoms with Crippen LogP contribution in [0.25, 0.3) is 0 Å². The molecule has 2 rings (SSSR count). The number of aromatic nitrogens is 2. The Morgan fingerprint density at radius 3 is 2.50 bits per heavy atom. The van der Waals surface area contributed by atoms with E-state index in [1.54, 1.807) is 0 Å². The highest BCUT2D eigenvalue weighted by Gasteiger charge is 2.24. The van der Waals surface area contributed by atoms with Crippen molar-refractivity contribution in [3.63, 3.8) is 0 Å². The zero-order chi connectivity index (χ0) is 20.1. The van der Waals surface area contributed by atoms with Crippen molar-refractivity contribution in [1.82, 2.24) is 9.55 Å². The van der Waals surface area contributed by atoms with E-state index in [2.05, 4.69) is 29.5 Å². The number of carbonyl (C=O) groups excluding carboxylic acids is 1. The number of ether oxygens (including phenoxy) is 2.